The molecule has 8 nitrogen and oxygen atoms in total. The number of nitrogens with zero attached hydrogens (tertiary/aromatic N) is 7. The van der Waals surface area contributed by atoms with Gasteiger partial charge in [-0.2, -0.15) is 5.10 Å². The van der Waals surface area contributed by atoms with Crippen molar-refractivity contribution in [2.45, 2.75) is 65.3 Å². The molecule has 0 radical (unpaired) electrons. The number of hydrogen-bond donors (Lipinski definition) is 1. The first-order valence-electron chi connectivity index (χ1n) is 13.1. The third kappa shape index (κ3) is 5.69. The van der Waals surface area contributed by atoms with Gasteiger partial charge in [-0.1, -0.05) is 69.7 Å². The predicted octanol–water partition coefficient (Wildman–Crippen LogP) is 5.55. The number of unbranched alkanes of at least 4 members (excludes halogenated alkanes) is 1. The number of aromatic nitrogens is 8. The normalized spacial score (nSPS) is 11.5. The minimum atomic E-state index is 0.356. The second-order valence-electron chi connectivity index (χ2n) is 9.74. The molecule has 8 heteroatoms. The van der Waals surface area contributed by atoms with Gasteiger partial charge in [0.1, 0.15) is 5.82 Å². The van der Waals surface area contributed by atoms with Crippen molar-refractivity contribution >= 4 is 0 Å². The SMILES string of the molecule is CCCCc1nc(CCc2ccccc2)nn1Cc1ccc(-n2c(-c3nnn[nH]3)ccc2C(C)C)cc1. The zero-order chi connectivity index (χ0) is 25.6. The summed E-state index contributed by atoms with van der Waals surface area (Å²) in [5, 5.41) is 19.5. The summed E-state index contributed by atoms with van der Waals surface area (Å²) in [6.45, 7) is 7.31. The third-order valence-electron chi connectivity index (χ3n) is 6.64. The van der Waals surface area contributed by atoms with Gasteiger partial charge in [-0.25, -0.2) is 14.8 Å². The molecule has 37 heavy (non-hydrogen) atoms. The van der Waals surface area contributed by atoms with Gasteiger partial charge in [-0.05, 0) is 64.6 Å². The highest BCUT2D eigenvalue weighted by molar-refractivity contribution is 5.57. The van der Waals surface area contributed by atoms with Crippen LogP contribution < -0.4 is 0 Å². The summed E-state index contributed by atoms with van der Waals surface area (Å²) in [6, 6.07) is 23.4. The van der Waals surface area contributed by atoms with Crippen molar-refractivity contribution < 1.29 is 0 Å². The summed E-state index contributed by atoms with van der Waals surface area (Å²) >= 11 is 0. The van der Waals surface area contributed by atoms with E-state index in [1.54, 1.807) is 0 Å². The van der Waals surface area contributed by atoms with Crippen LogP contribution in [0.25, 0.3) is 17.2 Å². The minimum absolute atomic E-state index is 0.356. The third-order valence-corrected chi connectivity index (χ3v) is 6.64. The van der Waals surface area contributed by atoms with Crippen molar-refractivity contribution in [3.63, 3.8) is 0 Å². The Bertz CT molecular complexity index is 1400. The molecule has 5 rings (SSSR count). The fourth-order valence-corrected chi connectivity index (χ4v) is 4.65. The van der Waals surface area contributed by atoms with E-state index in [1.807, 2.05) is 0 Å². The van der Waals surface area contributed by atoms with Crippen LogP contribution in [-0.4, -0.2) is 40.0 Å². The summed E-state index contributed by atoms with van der Waals surface area (Å²) in [6.07, 6.45) is 4.99. The fourth-order valence-electron chi connectivity index (χ4n) is 4.65. The van der Waals surface area contributed by atoms with Gasteiger partial charge in [0, 0.05) is 24.2 Å². The summed E-state index contributed by atoms with van der Waals surface area (Å²) in [4.78, 5) is 4.91. The molecule has 190 valence electrons. The van der Waals surface area contributed by atoms with E-state index >= 15 is 0 Å². The van der Waals surface area contributed by atoms with Gasteiger partial charge >= 0.3 is 0 Å². The molecule has 3 heterocycles. The standard InChI is InChI=1S/C29H34N8/c1-4-5-11-28-30-27(19-14-22-9-7-6-8-10-22)33-36(28)20-23-12-15-24(16-13-23)37-25(21(2)3)17-18-26(37)29-31-34-35-32-29/h6-10,12-13,15-18,21H,4-5,11,14,19-20H2,1-3H3,(H,31,32,34,35). The van der Waals surface area contributed by atoms with Crippen molar-refractivity contribution in [2.24, 2.45) is 0 Å². The maximum absolute atomic E-state index is 4.91. The molecule has 0 aliphatic rings. The Morgan fingerprint density at radius 3 is 2.38 bits per heavy atom. The summed E-state index contributed by atoms with van der Waals surface area (Å²) in [7, 11) is 0. The summed E-state index contributed by atoms with van der Waals surface area (Å²) in [5.41, 5.74) is 5.75. The Balaban J connectivity index is 1.37. The molecule has 0 atom stereocenters. The van der Waals surface area contributed by atoms with E-state index in [4.69, 9.17) is 10.1 Å². The molecule has 5 aromatic rings. The average Bonchev–Trinajstić information content (AvgIpc) is 3.67. The Hall–Kier alpha value is -4.07. The van der Waals surface area contributed by atoms with Crippen LogP contribution in [0.3, 0.4) is 0 Å². The Labute approximate surface area is 217 Å². The lowest BCUT2D eigenvalue weighted by atomic mass is 10.1. The first-order valence-corrected chi connectivity index (χ1v) is 13.1. The lowest BCUT2D eigenvalue weighted by Gasteiger charge is -2.15. The number of H-pyrrole nitrogens is 1. The Morgan fingerprint density at radius 2 is 1.68 bits per heavy atom. The van der Waals surface area contributed by atoms with Crippen LogP contribution in [0.5, 0.6) is 0 Å². The predicted molar refractivity (Wildman–Crippen MR) is 145 cm³/mol. The van der Waals surface area contributed by atoms with Gasteiger partial charge in [0.05, 0.1) is 12.2 Å². The van der Waals surface area contributed by atoms with Gasteiger partial charge < -0.3 is 4.57 Å². The first-order chi connectivity index (χ1) is 18.1. The number of aromatic amines is 1. The van der Waals surface area contributed by atoms with E-state index in [0.29, 0.717) is 18.3 Å². The lowest BCUT2D eigenvalue weighted by molar-refractivity contribution is 0.613. The van der Waals surface area contributed by atoms with Crippen LogP contribution in [0.1, 0.15) is 68.0 Å². The van der Waals surface area contributed by atoms with Crippen molar-refractivity contribution in [1.29, 1.82) is 0 Å². The molecule has 0 saturated carbocycles. The zero-order valence-electron chi connectivity index (χ0n) is 21.8. The van der Waals surface area contributed by atoms with Crippen molar-refractivity contribution in [1.82, 2.24) is 40.0 Å². The van der Waals surface area contributed by atoms with Crippen LogP contribution in [0.2, 0.25) is 0 Å². The second-order valence-corrected chi connectivity index (χ2v) is 9.74. The van der Waals surface area contributed by atoms with Crippen LogP contribution in [0.15, 0.2) is 66.7 Å². The monoisotopic (exact) mass is 494 g/mol. The number of rotatable bonds is 11. The topological polar surface area (TPSA) is 90.1 Å². The number of nitrogens with one attached hydrogen (secondary N) is 1. The van der Waals surface area contributed by atoms with E-state index in [-0.39, 0.29) is 0 Å². The van der Waals surface area contributed by atoms with E-state index in [2.05, 4.69) is 117 Å². The molecule has 2 aromatic carbocycles. The molecule has 0 aliphatic carbocycles. The molecular weight excluding hydrogens is 460 g/mol. The maximum atomic E-state index is 4.91. The van der Waals surface area contributed by atoms with Crippen molar-refractivity contribution in [3.8, 4) is 17.2 Å². The van der Waals surface area contributed by atoms with Gasteiger partial charge in [0.15, 0.2) is 11.6 Å². The highest BCUT2D eigenvalue weighted by atomic mass is 15.5. The molecule has 0 fully saturated rings. The van der Waals surface area contributed by atoms with Gasteiger partial charge in [0.25, 0.3) is 0 Å². The van der Waals surface area contributed by atoms with E-state index in [0.717, 1.165) is 55.1 Å². The highest BCUT2D eigenvalue weighted by Crippen LogP contribution is 2.28. The van der Waals surface area contributed by atoms with Crippen molar-refractivity contribution in [2.75, 3.05) is 0 Å². The van der Waals surface area contributed by atoms with E-state index in [1.165, 1.54) is 16.8 Å². The average molecular weight is 495 g/mol. The van der Waals surface area contributed by atoms with E-state index < -0.39 is 0 Å². The highest BCUT2D eigenvalue weighted by Gasteiger charge is 2.17. The minimum Gasteiger partial charge on any atom is -0.310 e. The molecule has 0 bridgehead atoms. The molecule has 0 saturated heterocycles. The van der Waals surface area contributed by atoms with Crippen LogP contribution in [0, 0.1) is 0 Å². The summed E-state index contributed by atoms with van der Waals surface area (Å²) in [5.74, 6) is 3.00. The smallest absolute Gasteiger partial charge is 0.196 e. The largest absolute Gasteiger partial charge is 0.310 e. The molecule has 0 unspecified atom stereocenters. The van der Waals surface area contributed by atoms with Gasteiger partial charge in [-0.3, -0.25) is 0 Å². The second kappa shape index (κ2) is 11.3. The fraction of sp³-hybridized carbons (Fsp3) is 0.345. The van der Waals surface area contributed by atoms with Crippen LogP contribution >= 0.6 is 0 Å². The zero-order valence-corrected chi connectivity index (χ0v) is 21.8. The molecule has 0 amide bonds. The quantitative estimate of drug-likeness (QED) is 0.260. The first kappa shape index (κ1) is 24.6. The summed E-state index contributed by atoms with van der Waals surface area (Å²) < 4.78 is 4.31. The number of benzene rings is 2. The van der Waals surface area contributed by atoms with Crippen LogP contribution in [-0.2, 0) is 25.8 Å². The number of aryl methyl sites for hydroxylation is 3. The van der Waals surface area contributed by atoms with Gasteiger partial charge in [0.2, 0.25) is 0 Å². The Morgan fingerprint density at radius 1 is 0.865 bits per heavy atom. The van der Waals surface area contributed by atoms with Crippen molar-refractivity contribution in [3.05, 3.63) is 95.2 Å². The molecule has 1 N–H and O–H groups in total. The maximum Gasteiger partial charge on any atom is 0.196 e. The number of tetrazole rings is 1. The molecular formula is C29H34N8. The van der Waals surface area contributed by atoms with Crippen LogP contribution in [0.4, 0.5) is 0 Å². The Kier molecular flexibility index (Phi) is 7.54. The number of hydrogen-bond acceptors (Lipinski definition) is 5. The molecule has 0 spiro atoms. The molecule has 0 aliphatic heterocycles. The van der Waals surface area contributed by atoms with Gasteiger partial charge in [-0.15, -0.1) is 5.10 Å². The molecule has 3 aromatic heterocycles. The van der Waals surface area contributed by atoms with E-state index in [9.17, 15) is 0 Å². The lowest BCUT2D eigenvalue weighted by Crippen LogP contribution is -2.08.